The molecule has 2 rings (SSSR count). The molecule has 2 aliphatic heterocycles. The molecule has 0 aromatic rings. The first kappa shape index (κ1) is 10.3. The molecule has 2 saturated heterocycles. The van der Waals surface area contributed by atoms with Crippen molar-refractivity contribution in [3.05, 3.63) is 0 Å². The van der Waals surface area contributed by atoms with Crippen LogP contribution in [-0.2, 0) is 4.70 Å². The van der Waals surface area contributed by atoms with Gasteiger partial charge in [-0.2, -0.15) is 0 Å². The van der Waals surface area contributed by atoms with E-state index < -0.39 is 0 Å². The SMILES string of the molecule is O=BCN1CCC(N2CCCC2)CC1. The van der Waals surface area contributed by atoms with Crippen LogP contribution in [0.2, 0.25) is 0 Å². The van der Waals surface area contributed by atoms with Gasteiger partial charge in [-0.05, 0) is 0 Å². The fourth-order valence-corrected chi connectivity index (χ4v) is 2.68. The summed E-state index contributed by atoms with van der Waals surface area (Å²) in [6.45, 7) is 4.83. The fourth-order valence-electron chi connectivity index (χ4n) is 2.68. The third kappa shape index (κ3) is 2.42. The van der Waals surface area contributed by atoms with Crippen LogP contribution in [0, 0.1) is 0 Å². The first-order chi connectivity index (χ1) is 6.90. The zero-order chi connectivity index (χ0) is 9.80. The molecular weight excluding hydrogens is 175 g/mol. The van der Waals surface area contributed by atoms with E-state index in [9.17, 15) is 4.70 Å². The zero-order valence-corrected chi connectivity index (χ0v) is 8.82. The standard InChI is InChI=1S/C10H19BN2O/c14-11-9-12-7-3-10(4-8-12)13-5-1-2-6-13/h10H,1-9H2. The van der Waals surface area contributed by atoms with E-state index in [4.69, 9.17) is 0 Å². The van der Waals surface area contributed by atoms with Gasteiger partial charge >= 0.3 is 86.0 Å². The monoisotopic (exact) mass is 194 g/mol. The van der Waals surface area contributed by atoms with E-state index >= 15 is 0 Å². The van der Waals surface area contributed by atoms with E-state index in [1.165, 1.54) is 38.8 Å². The molecule has 0 aromatic carbocycles. The molecule has 0 radical (unpaired) electrons. The van der Waals surface area contributed by atoms with Gasteiger partial charge in [0.05, 0.1) is 0 Å². The van der Waals surface area contributed by atoms with Crippen LogP contribution in [0.5, 0.6) is 0 Å². The van der Waals surface area contributed by atoms with Crippen molar-refractivity contribution in [3.8, 4) is 0 Å². The third-order valence-electron chi connectivity index (χ3n) is 3.55. The molecule has 0 spiro atoms. The van der Waals surface area contributed by atoms with Gasteiger partial charge in [-0.15, -0.1) is 0 Å². The molecule has 0 amide bonds. The van der Waals surface area contributed by atoms with Gasteiger partial charge in [0.15, 0.2) is 0 Å². The second-order valence-electron chi connectivity index (χ2n) is 4.44. The van der Waals surface area contributed by atoms with Gasteiger partial charge in [0.2, 0.25) is 0 Å². The number of piperidine rings is 1. The van der Waals surface area contributed by atoms with E-state index in [1.807, 2.05) is 0 Å². The Bertz CT molecular complexity index is 187. The predicted molar refractivity (Wildman–Crippen MR) is 56.7 cm³/mol. The van der Waals surface area contributed by atoms with Crippen molar-refractivity contribution in [2.75, 3.05) is 32.6 Å². The molecule has 2 heterocycles. The Balaban J connectivity index is 1.74. The van der Waals surface area contributed by atoms with Crippen LogP contribution < -0.4 is 0 Å². The number of rotatable bonds is 3. The average molecular weight is 194 g/mol. The molecule has 2 aliphatic rings. The molecule has 0 saturated carbocycles. The van der Waals surface area contributed by atoms with Crippen molar-refractivity contribution >= 4 is 7.15 Å². The summed E-state index contributed by atoms with van der Waals surface area (Å²) in [6, 6.07) is 0.806. The van der Waals surface area contributed by atoms with E-state index in [1.54, 1.807) is 0 Å². The van der Waals surface area contributed by atoms with E-state index in [2.05, 4.69) is 9.80 Å². The molecule has 2 fully saturated rings. The van der Waals surface area contributed by atoms with Crippen LogP contribution in [0.15, 0.2) is 0 Å². The van der Waals surface area contributed by atoms with Crippen LogP contribution in [0.3, 0.4) is 0 Å². The minimum atomic E-state index is 0.632. The van der Waals surface area contributed by atoms with Gasteiger partial charge in [-0.1, -0.05) is 0 Å². The summed E-state index contributed by atoms with van der Waals surface area (Å²) in [7, 11) is 1.02. The van der Waals surface area contributed by atoms with E-state index in [0.29, 0.717) is 6.44 Å². The molecule has 4 heteroatoms. The van der Waals surface area contributed by atoms with Crippen molar-refractivity contribution in [1.82, 2.24) is 9.80 Å². The third-order valence-corrected chi connectivity index (χ3v) is 3.55. The fraction of sp³-hybridized carbons (Fsp3) is 1.00. The van der Waals surface area contributed by atoms with Crippen LogP contribution in [0.25, 0.3) is 0 Å². The van der Waals surface area contributed by atoms with Gasteiger partial charge in [0, 0.05) is 0 Å². The summed E-state index contributed by atoms with van der Waals surface area (Å²) in [5.74, 6) is 0. The molecule has 0 bridgehead atoms. The molecular formula is C10H19BN2O. The van der Waals surface area contributed by atoms with Crippen molar-refractivity contribution in [2.24, 2.45) is 0 Å². The van der Waals surface area contributed by atoms with E-state index in [-0.39, 0.29) is 0 Å². The Morgan fingerprint density at radius 1 is 1.07 bits per heavy atom. The van der Waals surface area contributed by atoms with Gasteiger partial charge in [-0.3, -0.25) is 0 Å². The number of hydrogen-bond donors (Lipinski definition) is 0. The molecule has 14 heavy (non-hydrogen) atoms. The maximum absolute atomic E-state index is 10.4. The Kier molecular flexibility index (Phi) is 3.70. The topological polar surface area (TPSA) is 23.6 Å². The summed E-state index contributed by atoms with van der Waals surface area (Å²) >= 11 is 0. The van der Waals surface area contributed by atoms with Gasteiger partial charge in [-0.25, -0.2) is 0 Å². The van der Waals surface area contributed by atoms with Gasteiger partial charge in [0.25, 0.3) is 0 Å². The van der Waals surface area contributed by atoms with Gasteiger partial charge in [0.1, 0.15) is 0 Å². The second-order valence-corrected chi connectivity index (χ2v) is 4.44. The van der Waals surface area contributed by atoms with Crippen molar-refractivity contribution in [2.45, 2.75) is 31.7 Å². The van der Waals surface area contributed by atoms with Crippen LogP contribution in [-0.4, -0.2) is 55.6 Å². The molecule has 0 aliphatic carbocycles. The summed E-state index contributed by atoms with van der Waals surface area (Å²) < 4.78 is 10.4. The first-order valence-electron chi connectivity index (χ1n) is 5.80. The Labute approximate surface area is 86.7 Å². The molecule has 0 atom stereocenters. The van der Waals surface area contributed by atoms with Crippen molar-refractivity contribution in [1.29, 1.82) is 0 Å². The minimum absolute atomic E-state index is 0.632. The van der Waals surface area contributed by atoms with Crippen molar-refractivity contribution < 1.29 is 4.70 Å². The van der Waals surface area contributed by atoms with Crippen LogP contribution in [0.4, 0.5) is 0 Å². The van der Waals surface area contributed by atoms with E-state index in [0.717, 1.165) is 26.3 Å². The predicted octanol–water partition coefficient (Wildman–Crippen LogP) is 0.554. The number of nitrogens with zero attached hydrogens (tertiary/aromatic N) is 2. The Hall–Kier alpha value is -0.215. The molecule has 0 aromatic heterocycles. The first-order valence-corrected chi connectivity index (χ1v) is 5.80. The quantitative estimate of drug-likeness (QED) is 0.613. The summed E-state index contributed by atoms with van der Waals surface area (Å²) in [6.07, 6.45) is 5.91. The summed E-state index contributed by atoms with van der Waals surface area (Å²) in [4.78, 5) is 4.90. The second kappa shape index (κ2) is 5.03. The van der Waals surface area contributed by atoms with Crippen molar-refractivity contribution in [3.63, 3.8) is 0 Å². The zero-order valence-electron chi connectivity index (χ0n) is 8.82. The average Bonchev–Trinajstić information content (AvgIpc) is 2.72. The van der Waals surface area contributed by atoms with Crippen LogP contribution in [0.1, 0.15) is 25.7 Å². The number of likely N-dealkylation sites (tertiary alicyclic amines) is 2. The maximum atomic E-state index is 10.4. The molecule has 0 unspecified atom stereocenters. The molecule has 78 valence electrons. The Morgan fingerprint density at radius 2 is 1.71 bits per heavy atom. The summed E-state index contributed by atoms with van der Waals surface area (Å²) in [5, 5.41) is 0. The van der Waals surface area contributed by atoms with Gasteiger partial charge < -0.3 is 0 Å². The number of hydrogen-bond acceptors (Lipinski definition) is 3. The molecule has 3 nitrogen and oxygen atoms in total. The molecule has 0 N–H and O–H groups in total. The Morgan fingerprint density at radius 3 is 2.29 bits per heavy atom. The normalized spacial score (nSPS) is 26.6. The van der Waals surface area contributed by atoms with Crippen LogP contribution >= 0.6 is 0 Å². The summed E-state index contributed by atoms with van der Waals surface area (Å²) in [5.41, 5.74) is 0.